The summed E-state index contributed by atoms with van der Waals surface area (Å²) in [4.78, 5) is 16.1. The standard InChI is InChI=1S/C20H25ClN6OS/c1-13-7-16(25-29(3,4)28)12-26(10-13)20-23-8-14(2)19(24-20)17-9-22-18-6-5-15(21)11-27(17)18/h5-6,8-9,11,13,16H,7,10,12H2,1-4H3/t13-,16+/m1/s1. The van der Waals surface area contributed by atoms with Crippen LogP contribution in [0.5, 0.6) is 0 Å². The summed E-state index contributed by atoms with van der Waals surface area (Å²) < 4.78 is 18.7. The molecule has 2 atom stereocenters. The Morgan fingerprint density at radius 3 is 2.76 bits per heavy atom. The van der Waals surface area contributed by atoms with Crippen LogP contribution in [0.15, 0.2) is 35.1 Å². The molecule has 0 N–H and O–H groups in total. The molecule has 1 saturated heterocycles. The summed E-state index contributed by atoms with van der Waals surface area (Å²) in [5, 5.41) is 0.640. The Kier molecular flexibility index (Phi) is 5.25. The van der Waals surface area contributed by atoms with E-state index in [-0.39, 0.29) is 6.04 Å². The molecule has 0 aliphatic carbocycles. The molecule has 0 bridgehead atoms. The lowest BCUT2D eigenvalue weighted by atomic mass is 9.97. The van der Waals surface area contributed by atoms with E-state index in [9.17, 15) is 4.21 Å². The van der Waals surface area contributed by atoms with E-state index in [0.717, 1.165) is 35.6 Å². The first-order valence-corrected chi connectivity index (χ1v) is 12.3. The largest absolute Gasteiger partial charge is 0.338 e. The first-order chi connectivity index (χ1) is 13.7. The molecule has 1 aliphatic rings. The number of aryl methyl sites for hydroxylation is 1. The fourth-order valence-corrected chi connectivity index (χ4v) is 4.92. The predicted octanol–water partition coefficient (Wildman–Crippen LogP) is 3.70. The molecule has 3 aromatic heterocycles. The fraction of sp³-hybridized carbons (Fsp3) is 0.450. The van der Waals surface area contributed by atoms with Crippen molar-refractivity contribution in [2.75, 3.05) is 30.5 Å². The van der Waals surface area contributed by atoms with Gasteiger partial charge in [0.05, 0.1) is 28.6 Å². The van der Waals surface area contributed by atoms with Crippen LogP contribution < -0.4 is 4.90 Å². The fourth-order valence-electron chi connectivity index (χ4n) is 3.89. The minimum atomic E-state index is -2.15. The Labute approximate surface area is 176 Å². The highest BCUT2D eigenvalue weighted by atomic mass is 35.5. The minimum Gasteiger partial charge on any atom is -0.338 e. The van der Waals surface area contributed by atoms with Crippen LogP contribution in [0.2, 0.25) is 5.02 Å². The van der Waals surface area contributed by atoms with Crippen LogP contribution in [0.25, 0.3) is 17.0 Å². The van der Waals surface area contributed by atoms with Crippen LogP contribution in [0.1, 0.15) is 18.9 Å². The van der Waals surface area contributed by atoms with E-state index >= 15 is 0 Å². The van der Waals surface area contributed by atoms with Gasteiger partial charge in [0.25, 0.3) is 0 Å². The van der Waals surface area contributed by atoms with E-state index in [1.807, 2.05) is 42.0 Å². The molecule has 0 aromatic carbocycles. The third-order valence-electron chi connectivity index (χ3n) is 4.99. The Morgan fingerprint density at radius 1 is 1.21 bits per heavy atom. The summed E-state index contributed by atoms with van der Waals surface area (Å²) in [6.45, 7) is 5.69. The normalized spacial score (nSPS) is 20.2. The molecule has 0 unspecified atom stereocenters. The second-order valence-electron chi connectivity index (χ2n) is 8.11. The SMILES string of the molecule is Cc1cnc(N2C[C@H](C)C[C@H](N=S(C)(C)=O)C2)nc1-c1cnc2ccc(Cl)cn12. The number of aromatic nitrogens is 4. The predicted molar refractivity (Wildman–Crippen MR) is 118 cm³/mol. The molecule has 1 aliphatic heterocycles. The molecular weight excluding hydrogens is 408 g/mol. The Bertz CT molecular complexity index is 1170. The molecule has 3 aromatic rings. The van der Waals surface area contributed by atoms with Gasteiger partial charge in [0.2, 0.25) is 5.95 Å². The first kappa shape index (κ1) is 20.1. The van der Waals surface area contributed by atoms with Crippen LogP contribution in [-0.2, 0) is 9.73 Å². The van der Waals surface area contributed by atoms with Crippen LogP contribution in [-0.4, -0.2) is 55.2 Å². The Hall–Kier alpha value is -2.19. The number of nitrogens with zero attached hydrogens (tertiary/aromatic N) is 6. The average Bonchev–Trinajstić information content (AvgIpc) is 3.03. The van der Waals surface area contributed by atoms with Crippen molar-refractivity contribution in [3.63, 3.8) is 0 Å². The van der Waals surface area contributed by atoms with Gasteiger partial charge in [0, 0.05) is 47.7 Å². The molecule has 1 fully saturated rings. The zero-order chi connectivity index (χ0) is 20.8. The quantitative estimate of drug-likeness (QED) is 0.630. The average molecular weight is 433 g/mol. The van der Waals surface area contributed by atoms with Gasteiger partial charge in [0.15, 0.2) is 0 Å². The molecule has 29 heavy (non-hydrogen) atoms. The van der Waals surface area contributed by atoms with Gasteiger partial charge in [-0.2, -0.15) is 0 Å². The van der Waals surface area contributed by atoms with Crippen molar-refractivity contribution in [2.24, 2.45) is 10.3 Å². The smallest absolute Gasteiger partial charge is 0.226 e. The van der Waals surface area contributed by atoms with Gasteiger partial charge in [-0.05, 0) is 37.0 Å². The monoisotopic (exact) mass is 432 g/mol. The van der Waals surface area contributed by atoms with Gasteiger partial charge in [-0.25, -0.2) is 19.3 Å². The number of hydrogen-bond acceptors (Lipinski definition) is 6. The highest BCUT2D eigenvalue weighted by Crippen LogP contribution is 2.28. The van der Waals surface area contributed by atoms with Crippen molar-refractivity contribution in [3.8, 4) is 11.4 Å². The Balaban J connectivity index is 1.73. The maximum absolute atomic E-state index is 12.2. The van der Waals surface area contributed by atoms with Gasteiger partial charge in [-0.15, -0.1) is 0 Å². The first-order valence-electron chi connectivity index (χ1n) is 9.57. The van der Waals surface area contributed by atoms with Crippen LogP contribution in [0.4, 0.5) is 5.95 Å². The van der Waals surface area contributed by atoms with Gasteiger partial charge in [0.1, 0.15) is 5.65 Å². The molecule has 0 saturated carbocycles. The van der Waals surface area contributed by atoms with E-state index in [2.05, 4.69) is 26.2 Å². The van der Waals surface area contributed by atoms with Gasteiger partial charge < -0.3 is 4.90 Å². The van der Waals surface area contributed by atoms with E-state index in [0.29, 0.717) is 23.4 Å². The number of fused-ring (bicyclic) bond motifs is 1. The molecular formula is C20H25ClN6OS. The maximum Gasteiger partial charge on any atom is 0.226 e. The molecule has 0 spiro atoms. The number of hydrogen-bond donors (Lipinski definition) is 0. The molecule has 4 heterocycles. The maximum atomic E-state index is 12.2. The highest BCUT2D eigenvalue weighted by Gasteiger charge is 2.27. The molecule has 154 valence electrons. The number of piperidine rings is 1. The van der Waals surface area contributed by atoms with E-state index in [1.165, 1.54) is 0 Å². The number of rotatable bonds is 3. The second kappa shape index (κ2) is 7.57. The molecule has 0 amide bonds. The topological polar surface area (TPSA) is 75.8 Å². The zero-order valence-electron chi connectivity index (χ0n) is 17.0. The van der Waals surface area contributed by atoms with Crippen molar-refractivity contribution in [1.82, 2.24) is 19.4 Å². The highest BCUT2D eigenvalue weighted by molar-refractivity contribution is 7.92. The summed E-state index contributed by atoms with van der Waals surface area (Å²) in [6, 6.07) is 3.73. The van der Waals surface area contributed by atoms with Crippen molar-refractivity contribution in [2.45, 2.75) is 26.3 Å². The summed E-state index contributed by atoms with van der Waals surface area (Å²) in [7, 11) is -2.15. The third-order valence-corrected chi connectivity index (χ3v) is 6.02. The van der Waals surface area contributed by atoms with Gasteiger partial charge >= 0.3 is 0 Å². The number of anilines is 1. The minimum absolute atomic E-state index is 0.0178. The molecule has 4 rings (SSSR count). The zero-order valence-corrected chi connectivity index (χ0v) is 18.6. The van der Waals surface area contributed by atoms with Crippen molar-refractivity contribution in [3.05, 3.63) is 41.3 Å². The summed E-state index contributed by atoms with van der Waals surface area (Å²) in [5.74, 6) is 1.08. The summed E-state index contributed by atoms with van der Waals surface area (Å²) >= 11 is 6.19. The summed E-state index contributed by atoms with van der Waals surface area (Å²) in [6.07, 6.45) is 9.80. The van der Waals surface area contributed by atoms with E-state index < -0.39 is 9.73 Å². The Morgan fingerprint density at radius 2 is 2.00 bits per heavy atom. The molecule has 9 heteroatoms. The number of imidazole rings is 1. The lowest BCUT2D eigenvalue weighted by Gasteiger charge is -2.35. The van der Waals surface area contributed by atoms with Crippen molar-refractivity contribution < 1.29 is 4.21 Å². The van der Waals surface area contributed by atoms with Crippen LogP contribution >= 0.6 is 11.6 Å². The van der Waals surface area contributed by atoms with E-state index in [1.54, 1.807) is 12.5 Å². The molecule has 7 nitrogen and oxygen atoms in total. The lowest BCUT2D eigenvalue weighted by Crippen LogP contribution is -2.43. The number of halogens is 1. The van der Waals surface area contributed by atoms with Gasteiger partial charge in [-0.1, -0.05) is 18.5 Å². The number of pyridine rings is 1. The second-order valence-corrected chi connectivity index (χ2v) is 11.1. The van der Waals surface area contributed by atoms with Crippen LogP contribution in [0, 0.1) is 12.8 Å². The van der Waals surface area contributed by atoms with E-state index in [4.69, 9.17) is 16.6 Å². The van der Waals surface area contributed by atoms with Crippen molar-refractivity contribution in [1.29, 1.82) is 0 Å². The lowest BCUT2D eigenvalue weighted by molar-refractivity contribution is 0.400. The van der Waals surface area contributed by atoms with Crippen molar-refractivity contribution >= 4 is 32.9 Å². The summed E-state index contributed by atoms with van der Waals surface area (Å²) in [5.41, 5.74) is 3.48. The molecule has 0 radical (unpaired) electrons. The third kappa shape index (κ3) is 4.38. The van der Waals surface area contributed by atoms with Crippen LogP contribution in [0.3, 0.4) is 0 Å². The van der Waals surface area contributed by atoms with Gasteiger partial charge in [-0.3, -0.25) is 8.61 Å².